The molecule has 0 saturated carbocycles. The van der Waals surface area contributed by atoms with Gasteiger partial charge in [-0.15, -0.1) is 17.8 Å². The monoisotopic (exact) mass is 152 g/mol. The number of rotatable bonds is 1. The third kappa shape index (κ3) is 1.17. The van der Waals surface area contributed by atoms with Gasteiger partial charge in [-0.25, -0.2) is 4.79 Å². The minimum atomic E-state index is -0.925. The molecule has 1 N–H and O–H groups in total. The molecule has 10 heavy (non-hydrogen) atoms. The Morgan fingerprint density at radius 1 is 1.80 bits per heavy atom. The van der Waals surface area contributed by atoms with E-state index in [-0.39, 0.29) is 4.88 Å². The second-order valence-electron chi connectivity index (χ2n) is 1.65. The first-order valence-corrected chi connectivity index (χ1v) is 3.40. The summed E-state index contributed by atoms with van der Waals surface area (Å²) in [4.78, 5) is 10.6. The predicted molar refractivity (Wildman–Crippen MR) is 39.2 cm³/mol. The van der Waals surface area contributed by atoms with Crippen molar-refractivity contribution in [1.29, 1.82) is 0 Å². The molecule has 0 aliphatic rings. The van der Waals surface area contributed by atoms with E-state index in [0.29, 0.717) is 5.56 Å². The molecule has 0 fully saturated rings. The Hall–Kier alpha value is -1.27. The number of carboxylic acid groups (broad SMARTS) is 1. The second kappa shape index (κ2) is 2.54. The summed E-state index contributed by atoms with van der Waals surface area (Å²) in [6, 6.07) is 1.48. The molecular weight excluding hydrogens is 148 g/mol. The smallest absolute Gasteiger partial charge is 0.345 e. The summed E-state index contributed by atoms with van der Waals surface area (Å²) in [6.07, 6.45) is 5.03. The molecule has 0 aromatic carbocycles. The van der Waals surface area contributed by atoms with Crippen LogP contribution in [0.25, 0.3) is 0 Å². The highest BCUT2D eigenvalue weighted by Gasteiger charge is 2.03. The predicted octanol–water partition coefficient (Wildman–Crippen LogP) is 1.43. The lowest BCUT2D eigenvalue weighted by atomic mass is 10.3. The van der Waals surface area contributed by atoms with Gasteiger partial charge in [-0.1, -0.05) is 5.92 Å². The van der Waals surface area contributed by atoms with Crippen molar-refractivity contribution in [3.63, 3.8) is 0 Å². The van der Waals surface area contributed by atoms with Crippen molar-refractivity contribution in [3.05, 3.63) is 21.9 Å². The molecule has 0 atom stereocenters. The zero-order valence-corrected chi connectivity index (χ0v) is 5.81. The van der Waals surface area contributed by atoms with Crippen LogP contribution in [0.5, 0.6) is 0 Å². The summed E-state index contributed by atoms with van der Waals surface area (Å²) in [7, 11) is 0. The van der Waals surface area contributed by atoms with Gasteiger partial charge in [-0.3, -0.25) is 0 Å². The SMILES string of the molecule is C#Cc1csc(C(=O)O)c1. The Morgan fingerprint density at radius 3 is 2.80 bits per heavy atom. The Kier molecular flexibility index (Phi) is 1.74. The van der Waals surface area contributed by atoms with Crippen LogP contribution in [0.3, 0.4) is 0 Å². The Bertz CT molecular complexity index is 293. The van der Waals surface area contributed by atoms with E-state index in [1.54, 1.807) is 5.38 Å². The number of thiophene rings is 1. The molecule has 1 rings (SSSR count). The number of aromatic carboxylic acids is 1. The molecule has 1 heterocycles. The summed E-state index contributed by atoms with van der Waals surface area (Å²) < 4.78 is 0. The van der Waals surface area contributed by atoms with E-state index < -0.39 is 5.97 Å². The van der Waals surface area contributed by atoms with Crippen LogP contribution in [0, 0.1) is 12.3 Å². The van der Waals surface area contributed by atoms with Crippen LogP contribution in [0.1, 0.15) is 15.2 Å². The van der Waals surface area contributed by atoms with Gasteiger partial charge in [0.2, 0.25) is 0 Å². The highest BCUT2D eigenvalue weighted by Crippen LogP contribution is 2.12. The molecule has 2 nitrogen and oxygen atoms in total. The lowest BCUT2D eigenvalue weighted by molar-refractivity contribution is 0.0702. The third-order valence-corrected chi connectivity index (χ3v) is 1.90. The molecule has 0 saturated heterocycles. The quantitative estimate of drug-likeness (QED) is 0.618. The summed E-state index contributed by atoms with van der Waals surface area (Å²) in [5.74, 6) is 1.42. The van der Waals surface area contributed by atoms with Gasteiger partial charge in [-0.05, 0) is 6.07 Å². The number of carboxylic acids is 1. The summed E-state index contributed by atoms with van der Waals surface area (Å²) in [6.45, 7) is 0. The first kappa shape index (κ1) is 6.84. The first-order valence-electron chi connectivity index (χ1n) is 2.52. The fourth-order valence-corrected chi connectivity index (χ4v) is 1.21. The third-order valence-electron chi connectivity index (χ3n) is 0.977. The van der Waals surface area contributed by atoms with Crippen molar-refractivity contribution in [1.82, 2.24) is 0 Å². The number of hydrogen-bond acceptors (Lipinski definition) is 2. The van der Waals surface area contributed by atoms with Crippen molar-refractivity contribution in [2.75, 3.05) is 0 Å². The maximum Gasteiger partial charge on any atom is 0.345 e. The van der Waals surface area contributed by atoms with Crippen LogP contribution in [0.15, 0.2) is 11.4 Å². The van der Waals surface area contributed by atoms with E-state index in [1.165, 1.54) is 6.07 Å². The number of carbonyl (C=O) groups is 1. The van der Waals surface area contributed by atoms with E-state index in [9.17, 15) is 4.79 Å². The van der Waals surface area contributed by atoms with Gasteiger partial charge in [0.1, 0.15) is 4.88 Å². The van der Waals surface area contributed by atoms with Crippen molar-refractivity contribution in [2.24, 2.45) is 0 Å². The highest BCUT2D eigenvalue weighted by molar-refractivity contribution is 7.12. The average Bonchev–Trinajstić information content (AvgIpc) is 2.34. The topological polar surface area (TPSA) is 37.3 Å². The molecule has 0 unspecified atom stereocenters. The first-order chi connectivity index (χ1) is 4.74. The van der Waals surface area contributed by atoms with Crippen molar-refractivity contribution < 1.29 is 9.90 Å². The molecule has 50 valence electrons. The van der Waals surface area contributed by atoms with Crippen molar-refractivity contribution in [3.8, 4) is 12.3 Å². The molecule has 0 spiro atoms. The molecule has 0 amide bonds. The lowest BCUT2D eigenvalue weighted by Gasteiger charge is -1.79. The summed E-state index contributed by atoms with van der Waals surface area (Å²) in [5.41, 5.74) is 0.627. The molecule has 1 aromatic rings. The number of terminal acetylenes is 1. The van der Waals surface area contributed by atoms with Crippen molar-refractivity contribution >= 4 is 17.3 Å². The second-order valence-corrected chi connectivity index (χ2v) is 2.56. The van der Waals surface area contributed by atoms with Crippen LogP contribution in [-0.2, 0) is 0 Å². The fraction of sp³-hybridized carbons (Fsp3) is 0. The highest BCUT2D eigenvalue weighted by atomic mass is 32.1. The van der Waals surface area contributed by atoms with Crippen LogP contribution in [0.2, 0.25) is 0 Å². The van der Waals surface area contributed by atoms with E-state index in [1.807, 2.05) is 0 Å². The minimum Gasteiger partial charge on any atom is -0.477 e. The Labute approximate surface area is 62.1 Å². The van der Waals surface area contributed by atoms with Crippen LogP contribution in [-0.4, -0.2) is 11.1 Å². The van der Waals surface area contributed by atoms with E-state index >= 15 is 0 Å². The molecule has 1 aromatic heterocycles. The van der Waals surface area contributed by atoms with Gasteiger partial charge in [0.05, 0.1) is 0 Å². The van der Waals surface area contributed by atoms with E-state index in [2.05, 4.69) is 5.92 Å². The Morgan fingerprint density at radius 2 is 2.50 bits per heavy atom. The standard InChI is InChI=1S/C7H4O2S/c1-2-5-3-6(7(8)9)10-4-5/h1,3-4H,(H,8,9). The van der Waals surface area contributed by atoms with E-state index in [0.717, 1.165) is 11.3 Å². The summed E-state index contributed by atoms with van der Waals surface area (Å²) >= 11 is 1.14. The van der Waals surface area contributed by atoms with Crippen LogP contribution in [0.4, 0.5) is 0 Å². The van der Waals surface area contributed by atoms with Gasteiger partial charge in [0.25, 0.3) is 0 Å². The largest absolute Gasteiger partial charge is 0.477 e. The van der Waals surface area contributed by atoms with Crippen LogP contribution >= 0.6 is 11.3 Å². The van der Waals surface area contributed by atoms with Crippen molar-refractivity contribution in [2.45, 2.75) is 0 Å². The molecule has 0 radical (unpaired) electrons. The van der Waals surface area contributed by atoms with Gasteiger partial charge in [0, 0.05) is 10.9 Å². The molecule has 0 bridgehead atoms. The molecular formula is C7H4O2S. The minimum absolute atomic E-state index is 0.285. The molecule has 0 aliphatic carbocycles. The fourth-order valence-electron chi connectivity index (χ4n) is 0.524. The zero-order chi connectivity index (χ0) is 7.56. The van der Waals surface area contributed by atoms with Gasteiger partial charge in [-0.2, -0.15) is 0 Å². The summed E-state index contributed by atoms with van der Waals surface area (Å²) in [5, 5.41) is 10.1. The Balaban J connectivity index is 3.02. The lowest BCUT2D eigenvalue weighted by Crippen LogP contribution is -1.89. The maximum atomic E-state index is 10.3. The van der Waals surface area contributed by atoms with Gasteiger partial charge in [0.15, 0.2) is 0 Å². The van der Waals surface area contributed by atoms with Gasteiger partial charge >= 0.3 is 5.97 Å². The van der Waals surface area contributed by atoms with E-state index in [4.69, 9.17) is 11.5 Å². The van der Waals surface area contributed by atoms with Gasteiger partial charge < -0.3 is 5.11 Å². The zero-order valence-electron chi connectivity index (χ0n) is 5.00. The average molecular weight is 152 g/mol. The van der Waals surface area contributed by atoms with Crippen LogP contribution < -0.4 is 0 Å². The maximum absolute atomic E-state index is 10.3. The molecule has 0 aliphatic heterocycles. The number of hydrogen-bond donors (Lipinski definition) is 1. The molecule has 3 heteroatoms. The normalized spacial score (nSPS) is 8.70.